The molecule has 0 N–H and O–H groups in total. The maximum absolute atomic E-state index is 8.87. The van der Waals surface area contributed by atoms with Crippen molar-refractivity contribution < 1.29 is 0 Å². The summed E-state index contributed by atoms with van der Waals surface area (Å²) in [5, 5.41) is 8.87. The lowest BCUT2D eigenvalue weighted by molar-refractivity contribution is 0.467. The number of aromatic nitrogens is 2. The first kappa shape index (κ1) is 14.5. The Kier molecular flexibility index (Phi) is 4.06. The van der Waals surface area contributed by atoms with Crippen LogP contribution in [0.15, 0.2) is 30.6 Å². The fraction of sp³-hybridized carbons (Fsp3) is 0.389. The highest BCUT2D eigenvalue weighted by molar-refractivity contribution is 5.45. The fourth-order valence-electron chi connectivity index (χ4n) is 3.19. The molecule has 1 aromatic heterocycles. The van der Waals surface area contributed by atoms with Crippen LogP contribution in [-0.2, 0) is 0 Å². The van der Waals surface area contributed by atoms with Crippen LogP contribution >= 0.6 is 0 Å². The second-order valence-corrected chi connectivity index (χ2v) is 5.87. The molecule has 4 heteroatoms. The molecule has 2 aromatic rings. The van der Waals surface area contributed by atoms with Gasteiger partial charge in [0.1, 0.15) is 11.9 Å². The van der Waals surface area contributed by atoms with E-state index in [4.69, 9.17) is 5.26 Å². The van der Waals surface area contributed by atoms with Crippen molar-refractivity contribution >= 4 is 5.82 Å². The smallest absolute Gasteiger partial charge is 0.158 e. The van der Waals surface area contributed by atoms with Crippen molar-refractivity contribution in [2.75, 3.05) is 11.4 Å². The Hall–Kier alpha value is -2.41. The van der Waals surface area contributed by atoms with Crippen LogP contribution in [0.3, 0.4) is 0 Å². The van der Waals surface area contributed by atoms with Crippen molar-refractivity contribution in [3.8, 4) is 6.07 Å². The molecule has 1 aliphatic rings. The lowest BCUT2D eigenvalue weighted by Crippen LogP contribution is -2.34. The molecule has 1 unspecified atom stereocenters. The monoisotopic (exact) mass is 292 g/mol. The molecule has 1 aromatic carbocycles. The molecule has 0 aliphatic carbocycles. The molecule has 1 saturated heterocycles. The number of nitrogens with zero attached hydrogens (tertiary/aromatic N) is 4. The van der Waals surface area contributed by atoms with Crippen LogP contribution < -0.4 is 4.90 Å². The van der Waals surface area contributed by atoms with Crippen LogP contribution in [0.1, 0.15) is 47.7 Å². The highest BCUT2D eigenvalue weighted by atomic mass is 15.2. The highest BCUT2D eigenvalue weighted by Crippen LogP contribution is 2.35. The first-order chi connectivity index (χ1) is 10.7. The molecule has 2 heterocycles. The Morgan fingerprint density at radius 3 is 2.77 bits per heavy atom. The van der Waals surface area contributed by atoms with Crippen LogP contribution in [0.4, 0.5) is 5.82 Å². The molecule has 0 bridgehead atoms. The third kappa shape index (κ3) is 2.67. The Bertz CT molecular complexity index is 700. The fourth-order valence-corrected chi connectivity index (χ4v) is 3.19. The summed E-state index contributed by atoms with van der Waals surface area (Å²) in [6.45, 7) is 5.34. The van der Waals surface area contributed by atoms with Gasteiger partial charge in [-0.25, -0.2) is 9.97 Å². The van der Waals surface area contributed by atoms with Crippen molar-refractivity contribution in [2.45, 2.75) is 39.2 Å². The summed E-state index contributed by atoms with van der Waals surface area (Å²) in [5.74, 6) is 0.865. The number of anilines is 1. The molecule has 22 heavy (non-hydrogen) atoms. The predicted molar refractivity (Wildman–Crippen MR) is 86.6 cm³/mol. The van der Waals surface area contributed by atoms with Crippen LogP contribution in [-0.4, -0.2) is 16.5 Å². The summed E-state index contributed by atoms with van der Waals surface area (Å²) in [4.78, 5) is 10.9. The Morgan fingerprint density at radius 1 is 1.18 bits per heavy atom. The topological polar surface area (TPSA) is 52.8 Å². The second-order valence-electron chi connectivity index (χ2n) is 5.87. The molecule has 4 nitrogen and oxygen atoms in total. The zero-order valence-electron chi connectivity index (χ0n) is 13.1. The van der Waals surface area contributed by atoms with E-state index in [0.717, 1.165) is 18.8 Å². The molecule has 1 fully saturated rings. The van der Waals surface area contributed by atoms with Gasteiger partial charge in [-0.1, -0.05) is 18.2 Å². The molecule has 0 saturated carbocycles. The first-order valence-electron chi connectivity index (χ1n) is 7.75. The van der Waals surface area contributed by atoms with Crippen molar-refractivity contribution in [3.05, 3.63) is 53.0 Å². The second kappa shape index (κ2) is 6.15. The van der Waals surface area contributed by atoms with E-state index >= 15 is 0 Å². The van der Waals surface area contributed by atoms with Gasteiger partial charge in [-0.05, 0) is 49.8 Å². The van der Waals surface area contributed by atoms with Crippen LogP contribution in [0.5, 0.6) is 0 Å². The number of rotatable bonds is 2. The third-order valence-electron chi connectivity index (χ3n) is 4.56. The zero-order valence-corrected chi connectivity index (χ0v) is 13.1. The molecule has 3 rings (SSSR count). The van der Waals surface area contributed by atoms with E-state index in [0.29, 0.717) is 11.7 Å². The maximum atomic E-state index is 8.87. The molecule has 0 radical (unpaired) electrons. The van der Waals surface area contributed by atoms with E-state index in [2.05, 4.69) is 46.9 Å². The standard InChI is InChI=1S/C18H20N4/c1-13-6-5-7-16(14(13)2)17-8-3-4-9-22(17)18-12-20-15(10-19)11-21-18/h5-7,11-12,17H,3-4,8-9H2,1-2H3. The van der Waals surface area contributed by atoms with Gasteiger partial charge < -0.3 is 4.90 Å². The average Bonchev–Trinajstić information content (AvgIpc) is 2.57. The number of benzene rings is 1. The lowest BCUT2D eigenvalue weighted by atomic mass is 9.90. The maximum Gasteiger partial charge on any atom is 0.158 e. The minimum absolute atomic E-state index is 0.343. The predicted octanol–water partition coefficient (Wildman–Crippen LogP) is 3.70. The molecule has 0 spiro atoms. The van der Waals surface area contributed by atoms with E-state index in [-0.39, 0.29) is 0 Å². The Balaban J connectivity index is 1.97. The SMILES string of the molecule is Cc1cccc(C2CCCCN2c2cnc(C#N)cn2)c1C. The van der Waals surface area contributed by atoms with Crippen LogP contribution in [0, 0.1) is 25.2 Å². The van der Waals surface area contributed by atoms with Gasteiger partial charge in [-0.15, -0.1) is 0 Å². The summed E-state index contributed by atoms with van der Waals surface area (Å²) in [6.07, 6.45) is 6.82. The van der Waals surface area contributed by atoms with Gasteiger partial charge in [-0.3, -0.25) is 0 Å². The average molecular weight is 292 g/mol. The van der Waals surface area contributed by atoms with E-state index in [1.54, 1.807) is 12.4 Å². The van der Waals surface area contributed by atoms with Crippen molar-refractivity contribution in [1.82, 2.24) is 9.97 Å². The number of piperidine rings is 1. The van der Waals surface area contributed by atoms with Crippen molar-refractivity contribution in [1.29, 1.82) is 5.26 Å². The van der Waals surface area contributed by atoms with E-state index < -0.39 is 0 Å². The Labute approximate surface area is 131 Å². The van der Waals surface area contributed by atoms with Crippen LogP contribution in [0.25, 0.3) is 0 Å². The quantitative estimate of drug-likeness (QED) is 0.847. The van der Waals surface area contributed by atoms with Gasteiger partial charge in [-0.2, -0.15) is 5.26 Å². The van der Waals surface area contributed by atoms with E-state index in [9.17, 15) is 0 Å². The minimum atomic E-state index is 0.343. The summed E-state index contributed by atoms with van der Waals surface area (Å²) in [6, 6.07) is 8.89. The number of nitriles is 1. The minimum Gasteiger partial charge on any atom is -0.348 e. The Morgan fingerprint density at radius 2 is 2.05 bits per heavy atom. The first-order valence-corrected chi connectivity index (χ1v) is 7.75. The molecule has 112 valence electrons. The number of aryl methyl sites for hydroxylation is 1. The summed E-state index contributed by atoms with van der Waals surface area (Å²) >= 11 is 0. The molecular formula is C18H20N4. The van der Waals surface area contributed by atoms with Gasteiger partial charge in [0, 0.05) is 6.54 Å². The molecule has 1 aliphatic heterocycles. The van der Waals surface area contributed by atoms with Gasteiger partial charge >= 0.3 is 0 Å². The molecule has 0 amide bonds. The summed E-state index contributed by atoms with van der Waals surface area (Å²) in [7, 11) is 0. The van der Waals surface area contributed by atoms with Gasteiger partial charge in [0.15, 0.2) is 5.69 Å². The molecule has 1 atom stereocenters. The lowest BCUT2D eigenvalue weighted by Gasteiger charge is -2.37. The zero-order chi connectivity index (χ0) is 15.5. The van der Waals surface area contributed by atoms with Crippen molar-refractivity contribution in [2.24, 2.45) is 0 Å². The normalized spacial score (nSPS) is 18.0. The van der Waals surface area contributed by atoms with E-state index in [1.165, 1.54) is 29.5 Å². The largest absolute Gasteiger partial charge is 0.348 e. The number of hydrogen-bond donors (Lipinski definition) is 0. The highest BCUT2D eigenvalue weighted by Gasteiger charge is 2.26. The van der Waals surface area contributed by atoms with Gasteiger partial charge in [0.25, 0.3) is 0 Å². The molecular weight excluding hydrogens is 272 g/mol. The van der Waals surface area contributed by atoms with E-state index in [1.807, 2.05) is 6.07 Å². The third-order valence-corrected chi connectivity index (χ3v) is 4.56. The summed E-state index contributed by atoms with van der Waals surface area (Å²) < 4.78 is 0. The van der Waals surface area contributed by atoms with Crippen LogP contribution in [0.2, 0.25) is 0 Å². The number of hydrogen-bond acceptors (Lipinski definition) is 4. The van der Waals surface area contributed by atoms with Gasteiger partial charge in [0.05, 0.1) is 18.4 Å². The van der Waals surface area contributed by atoms with Gasteiger partial charge in [0.2, 0.25) is 0 Å². The van der Waals surface area contributed by atoms with Crippen molar-refractivity contribution in [3.63, 3.8) is 0 Å². The summed E-state index contributed by atoms with van der Waals surface area (Å²) in [5.41, 5.74) is 4.44.